The molecule has 6 heteroatoms. The third kappa shape index (κ3) is 3.52. The molecule has 0 bridgehead atoms. The number of anilines is 1. The largest absolute Gasteiger partial charge is 0.469 e. The lowest BCUT2D eigenvalue weighted by Crippen LogP contribution is -2.26. The van der Waals surface area contributed by atoms with Crippen LogP contribution < -0.4 is 4.90 Å². The summed E-state index contributed by atoms with van der Waals surface area (Å²) < 4.78 is 4.49. The van der Waals surface area contributed by atoms with Gasteiger partial charge in [0, 0.05) is 18.3 Å². The van der Waals surface area contributed by atoms with Crippen molar-refractivity contribution in [1.82, 2.24) is 4.98 Å². The molecule has 5 nitrogen and oxygen atoms in total. The lowest BCUT2D eigenvalue weighted by Gasteiger charge is -2.12. The van der Waals surface area contributed by atoms with Crippen molar-refractivity contribution < 1.29 is 14.3 Å². The van der Waals surface area contributed by atoms with Crippen molar-refractivity contribution in [3.63, 3.8) is 0 Å². The minimum absolute atomic E-state index is 0.100. The number of carbonyl (C=O) groups is 2. The molecule has 1 aromatic heterocycles. The van der Waals surface area contributed by atoms with Gasteiger partial charge in [0.1, 0.15) is 0 Å². The maximum atomic E-state index is 11.8. The van der Waals surface area contributed by atoms with E-state index in [1.807, 2.05) is 13.8 Å². The standard InChI is InChI=1S/C11H16N2O3S/c1-7-8(2)17-11(12-7)13(3)9(14)5-6-10(15)16-4/h5-6H2,1-4H3. The first-order chi connectivity index (χ1) is 7.95. The van der Waals surface area contributed by atoms with Gasteiger partial charge in [-0.05, 0) is 13.8 Å². The van der Waals surface area contributed by atoms with E-state index in [2.05, 4.69) is 9.72 Å². The zero-order chi connectivity index (χ0) is 13.0. The maximum Gasteiger partial charge on any atom is 0.306 e. The molecule has 1 amide bonds. The molecule has 0 saturated heterocycles. The van der Waals surface area contributed by atoms with E-state index < -0.39 is 0 Å². The van der Waals surface area contributed by atoms with Gasteiger partial charge in [-0.15, -0.1) is 11.3 Å². The Morgan fingerprint density at radius 3 is 2.47 bits per heavy atom. The topological polar surface area (TPSA) is 59.5 Å². The van der Waals surface area contributed by atoms with Gasteiger partial charge in [0.15, 0.2) is 5.13 Å². The van der Waals surface area contributed by atoms with E-state index in [-0.39, 0.29) is 24.7 Å². The molecule has 1 aromatic rings. The number of methoxy groups -OCH3 is 1. The molecule has 0 N–H and O–H groups in total. The zero-order valence-electron chi connectivity index (χ0n) is 10.4. The monoisotopic (exact) mass is 256 g/mol. The Hall–Kier alpha value is -1.43. The van der Waals surface area contributed by atoms with Crippen molar-refractivity contribution in [3.05, 3.63) is 10.6 Å². The molecule has 0 aromatic carbocycles. The predicted molar refractivity (Wildman–Crippen MR) is 66.2 cm³/mol. The molecular weight excluding hydrogens is 240 g/mol. The van der Waals surface area contributed by atoms with Crippen molar-refractivity contribution >= 4 is 28.3 Å². The lowest BCUT2D eigenvalue weighted by molar-refractivity contribution is -0.141. The van der Waals surface area contributed by atoms with Gasteiger partial charge in [0.25, 0.3) is 0 Å². The van der Waals surface area contributed by atoms with Crippen molar-refractivity contribution in [2.75, 3.05) is 19.1 Å². The Kier molecular flexibility index (Phi) is 4.62. The number of rotatable bonds is 4. The first kappa shape index (κ1) is 13.6. The van der Waals surface area contributed by atoms with Gasteiger partial charge in [-0.25, -0.2) is 4.98 Å². The van der Waals surface area contributed by atoms with E-state index in [0.29, 0.717) is 5.13 Å². The van der Waals surface area contributed by atoms with Crippen LogP contribution in [0.2, 0.25) is 0 Å². The Morgan fingerprint density at radius 1 is 1.35 bits per heavy atom. The third-order valence-corrected chi connectivity index (χ3v) is 3.60. The average Bonchev–Trinajstić information content (AvgIpc) is 2.65. The van der Waals surface area contributed by atoms with E-state index >= 15 is 0 Å². The predicted octanol–water partition coefficient (Wildman–Crippen LogP) is 1.68. The lowest BCUT2D eigenvalue weighted by atomic mass is 10.3. The number of amides is 1. The van der Waals surface area contributed by atoms with Crippen LogP contribution >= 0.6 is 11.3 Å². The van der Waals surface area contributed by atoms with E-state index in [9.17, 15) is 9.59 Å². The molecule has 0 saturated carbocycles. The summed E-state index contributed by atoms with van der Waals surface area (Å²) in [4.78, 5) is 29.6. The van der Waals surface area contributed by atoms with Crippen molar-refractivity contribution in [2.24, 2.45) is 0 Å². The van der Waals surface area contributed by atoms with E-state index in [4.69, 9.17) is 0 Å². The average molecular weight is 256 g/mol. The minimum atomic E-state index is -0.377. The quantitative estimate of drug-likeness (QED) is 0.769. The second-order valence-corrected chi connectivity index (χ2v) is 4.85. The first-order valence-electron chi connectivity index (χ1n) is 5.23. The van der Waals surface area contributed by atoms with Gasteiger partial charge >= 0.3 is 5.97 Å². The molecule has 0 radical (unpaired) electrons. The van der Waals surface area contributed by atoms with Gasteiger partial charge < -0.3 is 4.74 Å². The van der Waals surface area contributed by atoms with Crippen LogP contribution in [0.25, 0.3) is 0 Å². The van der Waals surface area contributed by atoms with Crippen LogP contribution in [0.15, 0.2) is 0 Å². The first-order valence-corrected chi connectivity index (χ1v) is 6.04. The normalized spacial score (nSPS) is 10.1. The molecule has 0 fully saturated rings. The number of esters is 1. The fourth-order valence-corrected chi connectivity index (χ4v) is 2.07. The highest BCUT2D eigenvalue weighted by Gasteiger charge is 2.16. The van der Waals surface area contributed by atoms with Crippen molar-refractivity contribution in [1.29, 1.82) is 0 Å². The van der Waals surface area contributed by atoms with Crippen molar-refractivity contribution in [2.45, 2.75) is 26.7 Å². The highest BCUT2D eigenvalue weighted by atomic mass is 32.1. The van der Waals surface area contributed by atoms with Crippen LogP contribution in [0, 0.1) is 13.8 Å². The number of nitrogens with zero attached hydrogens (tertiary/aromatic N) is 2. The summed E-state index contributed by atoms with van der Waals surface area (Å²) in [6.45, 7) is 3.87. The molecule has 94 valence electrons. The number of thiazole rings is 1. The molecular formula is C11H16N2O3S. The van der Waals surface area contributed by atoms with Crippen LogP contribution in [-0.4, -0.2) is 31.0 Å². The number of carbonyl (C=O) groups excluding carboxylic acids is 2. The molecule has 0 aliphatic carbocycles. The Balaban J connectivity index is 2.60. The Bertz CT molecular complexity index is 409. The third-order valence-electron chi connectivity index (χ3n) is 2.45. The summed E-state index contributed by atoms with van der Waals surface area (Å²) >= 11 is 1.47. The van der Waals surface area contributed by atoms with Gasteiger partial charge in [0.2, 0.25) is 5.91 Å². The molecule has 0 aliphatic heterocycles. The fourth-order valence-electron chi connectivity index (χ4n) is 1.18. The SMILES string of the molecule is COC(=O)CCC(=O)N(C)c1nc(C)c(C)s1. The van der Waals surface area contributed by atoms with Crippen molar-refractivity contribution in [3.8, 4) is 0 Å². The number of ether oxygens (including phenoxy) is 1. The van der Waals surface area contributed by atoms with Crippen LogP contribution in [0.3, 0.4) is 0 Å². The van der Waals surface area contributed by atoms with Gasteiger partial charge in [-0.1, -0.05) is 0 Å². The molecule has 0 aliphatic rings. The molecule has 17 heavy (non-hydrogen) atoms. The number of aryl methyl sites for hydroxylation is 2. The van der Waals surface area contributed by atoms with Crippen LogP contribution in [0.1, 0.15) is 23.4 Å². The Labute approximate surface area is 104 Å². The Morgan fingerprint density at radius 2 is 2.00 bits per heavy atom. The smallest absolute Gasteiger partial charge is 0.306 e. The fraction of sp³-hybridized carbons (Fsp3) is 0.545. The molecule has 1 rings (SSSR count). The van der Waals surface area contributed by atoms with Gasteiger partial charge in [0.05, 0.1) is 19.2 Å². The molecule has 0 spiro atoms. The molecule has 1 heterocycles. The second kappa shape index (κ2) is 5.77. The highest BCUT2D eigenvalue weighted by molar-refractivity contribution is 7.15. The summed E-state index contributed by atoms with van der Waals surface area (Å²) in [5.41, 5.74) is 0.928. The van der Waals surface area contributed by atoms with E-state index in [1.54, 1.807) is 7.05 Å². The molecule has 0 unspecified atom stereocenters. The van der Waals surface area contributed by atoms with Gasteiger partial charge in [-0.3, -0.25) is 14.5 Å². The number of aromatic nitrogens is 1. The summed E-state index contributed by atoms with van der Waals surface area (Å²) in [6.07, 6.45) is 0.240. The van der Waals surface area contributed by atoms with E-state index in [0.717, 1.165) is 10.6 Å². The summed E-state index contributed by atoms with van der Waals surface area (Å²) in [6, 6.07) is 0. The summed E-state index contributed by atoms with van der Waals surface area (Å²) in [5, 5.41) is 0.662. The summed E-state index contributed by atoms with van der Waals surface area (Å²) in [5.74, 6) is -0.512. The summed E-state index contributed by atoms with van der Waals surface area (Å²) in [7, 11) is 2.97. The number of hydrogen-bond donors (Lipinski definition) is 0. The zero-order valence-corrected chi connectivity index (χ0v) is 11.3. The molecule has 0 atom stereocenters. The second-order valence-electron chi connectivity index (χ2n) is 3.67. The van der Waals surface area contributed by atoms with Gasteiger partial charge in [-0.2, -0.15) is 0 Å². The minimum Gasteiger partial charge on any atom is -0.469 e. The van der Waals surface area contributed by atoms with E-state index in [1.165, 1.54) is 23.3 Å². The number of hydrogen-bond acceptors (Lipinski definition) is 5. The van der Waals surface area contributed by atoms with Crippen LogP contribution in [0.4, 0.5) is 5.13 Å². The van der Waals surface area contributed by atoms with Crippen LogP contribution in [-0.2, 0) is 14.3 Å². The van der Waals surface area contributed by atoms with Crippen LogP contribution in [0.5, 0.6) is 0 Å². The maximum absolute atomic E-state index is 11.8. The highest BCUT2D eigenvalue weighted by Crippen LogP contribution is 2.24.